The number of aliphatic hydroxyl groups is 1. The zero-order valence-electron chi connectivity index (χ0n) is 9.84. The predicted octanol–water partition coefficient (Wildman–Crippen LogP) is 2.17. The van der Waals surface area contributed by atoms with Crippen LogP contribution in [-0.4, -0.2) is 18.2 Å². The summed E-state index contributed by atoms with van der Waals surface area (Å²) in [5.41, 5.74) is -1.57. The molecule has 1 heterocycles. The highest BCUT2D eigenvalue weighted by Crippen LogP contribution is 2.39. The molecular weight excluding hydrogens is 224 g/mol. The van der Waals surface area contributed by atoms with Crippen LogP contribution in [0.5, 0.6) is 0 Å². The molecule has 0 aromatic heterocycles. The van der Waals surface area contributed by atoms with Gasteiger partial charge in [-0.3, -0.25) is 0 Å². The summed E-state index contributed by atoms with van der Waals surface area (Å²) < 4.78 is 27.5. The van der Waals surface area contributed by atoms with Crippen LogP contribution in [0.15, 0.2) is 18.2 Å². The van der Waals surface area contributed by atoms with Gasteiger partial charge in [0, 0.05) is 12.5 Å². The van der Waals surface area contributed by atoms with Gasteiger partial charge in [-0.1, -0.05) is 13.0 Å². The van der Waals surface area contributed by atoms with Crippen molar-refractivity contribution in [3.63, 3.8) is 0 Å². The first kappa shape index (κ1) is 12.5. The van der Waals surface area contributed by atoms with Gasteiger partial charge < -0.3 is 10.4 Å². The van der Waals surface area contributed by atoms with Crippen LogP contribution >= 0.6 is 0 Å². The second kappa shape index (κ2) is 4.70. The molecule has 0 saturated carbocycles. The van der Waals surface area contributed by atoms with Gasteiger partial charge in [0.05, 0.1) is 5.56 Å². The fraction of sp³-hybridized carbons (Fsp3) is 0.538. The van der Waals surface area contributed by atoms with E-state index in [0.29, 0.717) is 25.9 Å². The lowest BCUT2D eigenvalue weighted by Crippen LogP contribution is -2.48. The molecule has 1 aliphatic rings. The van der Waals surface area contributed by atoms with Crippen molar-refractivity contribution in [1.29, 1.82) is 0 Å². The molecule has 1 aromatic carbocycles. The van der Waals surface area contributed by atoms with Gasteiger partial charge in [0.1, 0.15) is 17.2 Å². The predicted molar refractivity (Wildman–Crippen MR) is 61.5 cm³/mol. The molecule has 0 radical (unpaired) electrons. The Balaban J connectivity index is 2.48. The van der Waals surface area contributed by atoms with E-state index < -0.39 is 17.2 Å². The largest absolute Gasteiger partial charge is 0.385 e. The molecule has 2 unspecified atom stereocenters. The second-order valence-corrected chi connectivity index (χ2v) is 4.58. The molecule has 0 amide bonds. The summed E-state index contributed by atoms with van der Waals surface area (Å²) in [4.78, 5) is 0. The summed E-state index contributed by atoms with van der Waals surface area (Å²) in [6.45, 7) is 3.07. The zero-order valence-corrected chi connectivity index (χ0v) is 9.84. The van der Waals surface area contributed by atoms with Crippen LogP contribution in [0.25, 0.3) is 0 Å². The maximum absolute atomic E-state index is 13.8. The van der Waals surface area contributed by atoms with E-state index in [0.717, 1.165) is 0 Å². The molecule has 17 heavy (non-hydrogen) atoms. The van der Waals surface area contributed by atoms with Gasteiger partial charge in [-0.05, 0) is 31.5 Å². The van der Waals surface area contributed by atoms with E-state index in [-0.39, 0.29) is 11.5 Å². The normalized spacial score (nSPS) is 29.3. The number of benzene rings is 1. The molecule has 2 atom stereocenters. The van der Waals surface area contributed by atoms with E-state index in [1.165, 1.54) is 18.2 Å². The molecule has 2 N–H and O–H groups in total. The van der Waals surface area contributed by atoms with Crippen LogP contribution < -0.4 is 5.32 Å². The van der Waals surface area contributed by atoms with Crippen molar-refractivity contribution in [3.05, 3.63) is 35.4 Å². The van der Waals surface area contributed by atoms with Crippen molar-refractivity contribution in [3.8, 4) is 0 Å². The third kappa shape index (κ3) is 2.07. The Bertz CT molecular complexity index is 390. The number of hydrogen-bond donors (Lipinski definition) is 2. The molecule has 0 spiro atoms. The fourth-order valence-corrected chi connectivity index (χ4v) is 2.65. The van der Waals surface area contributed by atoms with Crippen LogP contribution in [0.4, 0.5) is 8.78 Å². The highest BCUT2D eigenvalue weighted by Gasteiger charge is 2.42. The SMILES string of the molecule is CCC1CNCCC1(O)c1c(F)cccc1F. The molecule has 0 aliphatic carbocycles. The van der Waals surface area contributed by atoms with Crippen LogP contribution in [0, 0.1) is 17.6 Å². The number of hydrogen-bond acceptors (Lipinski definition) is 2. The molecule has 1 aromatic rings. The number of nitrogens with one attached hydrogen (secondary N) is 1. The smallest absolute Gasteiger partial charge is 0.132 e. The van der Waals surface area contributed by atoms with Crippen molar-refractivity contribution < 1.29 is 13.9 Å². The average molecular weight is 241 g/mol. The molecule has 2 rings (SSSR count). The van der Waals surface area contributed by atoms with Crippen LogP contribution in [0.2, 0.25) is 0 Å². The summed E-state index contributed by atoms with van der Waals surface area (Å²) in [5, 5.41) is 13.8. The van der Waals surface area contributed by atoms with Crippen molar-refractivity contribution in [2.75, 3.05) is 13.1 Å². The number of piperidine rings is 1. The third-order valence-corrected chi connectivity index (χ3v) is 3.64. The first-order valence-corrected chi connectivity index (χ1v) is 5.97. The minimum atomic E-state index is -1.39. The molecular formula is C13H17F2NO. The molecule has 0 bridgehead atoms. The van der Waals surface area contributed by atoms with E-state index in [4.69, 9.17) is 0 Å². The minimum absolute atomic E-state index is 0.164. The minimum Gasteiger partial charge on any atom is -0.385 e. The van der Waals surface area contributed by atoms with Crippen molar-refractivity contribution in [1.82, 2.24) is 5.32 Å². The van der Waals surface area contributed by atoms with Crippen molar-refractivity contribution in [2.45, 2.75) is 25.4 Å². The van der Waals surface area contributed by atoms with Crippen LogP contribution in [0.1, 0.15) is 25.3 Å². The molecule has 1 saturated heterocycles. The Morgan fingerprint density at radius 2 is 2.06 bits per heavy atom. The lowest BCUT2D eigenvalue weighted by Gasteiger charge is -2.40. The lowest BCUT2D eigenvalue weighted by atomic mass is 9.75. The standard InChI is InChI=1S/C13H17F2NO/c1-2-9-8-16-7-6-13(9,17)12-10(14)4-3-5-11(12)15/h3-5,9,16-17H,2,6-8H2,1H3. The fourth-order valence-electron chi connectivity index (χ4n) is 2.65. The van der Waals surface area contributed by atoms with E-state index in [9.17, 15) is 13.9 Å². The van der Waals surface area contributed by atoms with Crippen molar-refractivity contribution >= 4 is 0 Å². The Hall–Kier alpha value is -1.00. The quantitative estimate of drug-likeness (QED) is 0.831. The highest BCUT2D eigenvalue weighted by atomic mass is 19.1. The van der Waals surface area contributed by atoms with E-state index in [1.54, 1.807) is 0 Å². The first-order chi connectivity index (χ1) is 8.09. The summed E-state index contributed by atoms with van der Waals surface area (Å²) >= 11 is 0. The molecule has 94 valence electrons. The third-order valence-electron chi connectivity index (χ3n) is 3.64. The Morgan fingerprint density at radius 1 is 1.41 bits per heavy atom. The summed E-state index contributed by atoms with van der Waals surface area (Å²) in [7, 11) is 0. The van der Waals surface area contributed by atoms with E-state index in [2.05, 4.69) is 5.32 Å². The first-order valence-electron chi connectivity index (χ1n) is 5.97. The van der Waals surface area contributed by atoms with Gasteiger partial charge >= 0.3 is 0 Å². The summed E-state index contributed by atoms with van der Waals surface area (Å²) in [6, 6.07) is 3.72. The van der Waals surface area contributed by atoms with Gasteiger partial charge in [-0.25, -0.2) is 8.78 Å². The Labute approximate surface area is 99.7 Å². The van der Waals surface area contributed by atoms with Gasteiger partial charge in [0.2, 0.25) is 0 Å². The number of rotatable bonds is 2. The van der Waals surface area contributed by atoms with Crippen LogP contribution in [0.3, 0.4) is 0 Å². The second-order valence-electron chi connectivity index (χ2n) is 4.58. The molecule has 1 aliphatic heterocycles. The Kier molecular flexibility index (Phi) is 3.45. The number of halogens is 2. The maximum atomic E-state index is 13.8. The van der Waals surface area contributed by atoms with Gasteiger partial charge in [-0.2, -0.15) is 0 Å². The van der Waals surface area contributed by atoms with Gasteiger partial charge in [0.15, 0.2) is 0 Å². The summed E-state index contributed by atoms with van der Waals surface area (Å²) in [5.74, 6) is -1.48. The van der Waals surface area contributed by atoms with Crippen LogP contribution in [-0.2, 0) is 5.60 Å². The molecule has 2 nitrogen and oxygen atoms in total. The zero-order chi connectivity index (χ0) is 12.5. The topological polar surface area (TPSA) is 32.3 Å². The lowest BCUT2D eigenvalue weighted by molar-refractivity contribution is -0.0532. The molecule has 1 fully saturated rings. The van der Waals surface area contributed by atoms with Gasteiger partial charge in [-0.15, -0.1) is 0 Å². The van der Waals surface area contributed by atoms with Gasteiger partial charge in [0.25, 0.3) is 0 Å². The Morgan fingerprint density at radius 3 is 2.65 bits per heavy atom. The van der Waals surface area contributed by atoms with E-state index >= 15 is 0 Å². The van der Waals surface area contributed by atoms with Crippen molar-refractivity contribution in [2.24, 2.45) is 5.92 Å². The summed E-state index contributed by atoms with van der Waals surface area (Å²) in [6.07, 6.45) is 1.01. The monoisotopic (exact) mass is 241 g/mol. The maximum Gasteiger partial charge on any atom is 0.132 e. The molecule has 4 heteroatoms. The van der Waals surface area contributed by atoms with E-state index in [1.807, 2.05) is 6.92 Å². The average Bonchev–Trinajstić information content (AvgIpc) is 2.29. The highest BCUT2D eigenvalue weighted by molar-refractivity contribution is 5.28.